The van der Waals surface area contributed by atoms with Gasteiger partial charge in [0.1, 0.15) is 5.69 Å². The molecule has 0 atom stereocenters. The van der Waals surface area contributed by atoms with Crippen molar-refractivity contribution in [3.8, 4) is 0 Å². The first-order valence-corrected chi connectivity index (χ1v) is 7.71. The molecule has 0 N–H and O–H groups in total. The molecule has 0 bridgehead atoms. The molecule has 1 aromatic carbocycles. The average molecular weight is 354 g/mol. The highest BCUT2D eigenvalue weighted by Gasteiger charge is 2.16. The summed E-state index contributed by atoms with van der Waals surface area (Å²) < 4.78 is 0. The maximum atomic E-state index is 12.4. The molecule has 20 heavy (non-hydrogen) atoms. The van der Waals surface area contributed by atoms with E-state index in [0.717, 1.165) is 10.9 Å². The summed E-state index contributed by atoms with van der Waals surface area (Å²) in [5.41, 5.74) is 1.50. The van der Waals surface area contributed by atoms with Crippen molar-refractivity contribution < 1.29 is 4.79 Å². The summed E-state index contributed by atoms with van der Waals surface area (Å²) in [5.74, 6) is -0.0926. The molecule has 5 heteroatoms. The first kappa shape index (κ1) is 15.0. The molecule has 0 spiro atoms. The monoisotopic (exact) mass is 352 g/mol. The number of nitrogens with zero attached hydrogens (tertiary/aromatic N) is 2. The quantitative estimate of drug-likeness (QED) is 0.767. The standard InChI is InChI=1S/C15H14BrClN2O/c16-8-9-19(11-12-4-2-1-3-5-12)15(20)14-7-6-13(17)10-18-14/h1-7,10H,8-9,11H2. The van der Waals surface area contributed by atoms with Crippen LogP contribution in [-0.4, -0.2) is 27.7 Å². The molecule has 0 aliphatic rings. The third-order valence-corrected chi connectivity index (χ3v) is 3.38. The second-order valence-electron chi connectivity index (χ2n) is 4.26. The SMILES string of the molecule is O=C(c1ccc(Cl)cn1)N(CCBr)Cc1ccccc1. The number of amides is 1. The first-order chi connectivity index (χ1) is 9.70. The van der Waals surface area contributed by atoms with Crippen LogP contribution in [0.2, 0.25) is 5.02 Å². The van der Waals surface area contributed by atoms with Gasteiger partial charge in [0, 0.05) is 24.6 Å². The van der Waals surface area contributed by atoms with Gasteiger partial charge in [0.05, 0.1) is 5.02 Å². The topological polar surface area (TPSA) is 33.2 Å². The van der Waals surface area contributed by atoms with Crippen molar-refractivity contribution in [1.29, 1.82) is 0 Å². The number of rotatable bonds is 5. The van der Waals surface area contributed by atoms with Crippen LogP contribution in [0.1, 0.15) is 16.1 Å². The van der Waals surface area contributed by atoms with E-state index in [4.69, 9.17) is 11.6 Å². The van der Waals surface area contributed by atoms with E-state index in [1.165, 1.54) is 6.20 Å². The van der Waals surface area contributed by atoms with Gasteiger partial charge in [0.25, 0.3) is 5.91 Å². The number of hydrogen-bond donors (Lipinski definition) is 0. The number of carbonyl (C=O) groups is 1. The molecule has 1 heterocycles. The van der Waals surface area contributed by atoms with Crippen LogP contribution in [0.25, 0.3) is 0 Å². The number of hydrogen-bond acceptors (Lipinski definition) is 2. The number of halogens is 2. The Bertz CT molecular complexity index is 560. The lowest BCUT2D eigenvalue weighted by Crippen LogP contribution is -2.32. The minimum Gasteiger partial charge on any atom is -0.332 e. The number of aromatic nitrogens is 1. The lowest BCUT2D eigenvalue weighted by molar-refractivity contribution is 0.0749. The predicted molar refractivity (Wildman–Crippen MR) is 84.2 cm³/mol. The average Bonchev–Trinajstić information content (AvgIpc) is 2.48. The fourth-order valence-corrected chi connectivity index (χ4v) is 2.36. The molecular weight excluding hydrogens is 340 g/mol. The van der Waals surface area contributed by atoms with Gasteiger partial charge in [-0.1, -0.05) is 57.9 Å². The minimum atomic E-state index is -0.0926. The van der Waals surface area contributed by atoms with E-state index in [1.807, 2.05) is 30.3 Å². The maximum absolute atomic E-state index is 12.4. The van der Waals surface area contributed by atoms with Gasteiger partial charge in [-0.3, -0.25) is 4.79 Å². The van der Waals surface area contributed by atoms with Gasteiger partial charge >= 0.3 is 0 Å². The fraction of sp³-hybridized carbons (Fsp3) is 0.200. The van der Waals surface area contributed by atoms with E-state index in [0.29, 0.717) is 23.8 Å². The number of benzene rings is 1. The summed E-state index contributed by atoms with van der Waals surface area (Å²) >= 11 is 9.17. The molecule has 1 aromatic heterocycles. The van der Waals surface area contributed by atoms with Gasteiger partial charge in [-0.15, -0.1) is 0 Å². The van der Waals surface area contributed by atoms with Crippen LogP contribution in [-0.2, 0) is 6.54 Å². The van der Waals surface area contributed by atoms with Crippen molar-refractivity contribution in [3.05, 3.63) is 64.9 Å². The Morgan fingerprint density at radius 3 is 2.55 bits per heavy atom. The van der Waals surface area contributed by atoms with Crippen molar-refractivity contribution in [1.82, 2.24) is 9.88 Å². The van der Waals surface area contributed by atoms with E-state index in [1.54, 1.807) is 17.0 Å². The van der Waals surface area contributed by atoms with Crippen LogP contribution < -0.4 is 0 Å². The minimum absolute atomic E-state index is 0.0926. The summed E-state index contributed by atoms with van der Waals surface area (Å²) in [7, 11) is 0. The van der Waals surface area contributed by atoms with E-state index in [9.17, 15) is 4.79 Å². The lowest BCUT2D eigenvalue weighted by Gasteiger charge is -2.21. The summed E-state index contributed by atoms with van der Waals surface area (Å²) in [6.45, 7) is 1.19. The molecule has 0 saturated heterocycles. The molecule has 0 fully saturated rings. The Labute approximate surface area is 131 Å². The van der Waals surface area contributed by atoms with Crippen molar-refractivity contribution in [2.24, 2.45) is 0 Å². The van der Waals surface area contributed by atoms with Crippen molar-refractivity contribution in [3.63, 3.8) is 0 Å². The number of alkyl halides is 1. The molecule has 1 amide bonds. The van der Waals surface area contributed by atoms with E-state index in [-0.39, 0.29) is 5.91 Å². The molecule has 3 nitrogen and oxygen atoms in total. The van der Waals surface area contributed by atoms with Crippen LogP contribution >= 0.6 is 27.5 Å². The molecule has 2 aromatic rings. The second kappa shape index (κ2) is 7.41. The summed E-state index contributed by atoms with van der Waals surface area (Å²) in [4.78, 5) is 18.3. The molecule has 2 rings (SSSR count). The summed E-state index contributed by atoms with van der Waals surface area (Å²) in [6.07, 6.45) is 1.49. The highest BCUT2D eigenvalue weighted by molar-refractivity contribution is 9.09. The van der Waals surface area contributed by atoms with Crippen molar-refractivity contribution >= 4 is 33.4 Å². The predicted octanol–water partition coefficient (Wildman–Crippen LogP) is 3.77. The zero-order valence-corrected chi connectivity index (χ0v) is 13.1. The lowest BCUT2D eigenvalue weighted by atomic mass is 10.2. The Morgan fingerprint density at radius 2 is 1.95 bits per heavy atom. The van der Waals surface area contributed by atoms with Crippen LogP contribution in [0.5, 0.6) is 0 Å². The molecule has 0 radical (unpaired) electrons. The number of carbonyl (C=O) groups excluding carboxylic acids is 1. The van der Waals surface area contributed by atoms with Gasteiger partial charge in [-0.25, -0.2) is 4.98 Å². The molecule has 0 aliphatic heterocycles. The van der Waals surface area contributed by atoms with Crippen LogP contribution in [0.15, 0.2) is 48.7 Å². The Hall–Kier alpha value is -1.39. The van der Waals surface area contributed by atoms with Crippen LogP contribution in [0, 0.1) is 0 Å². The zero-order valence-electron chi connectivity index (χ0n) is 10.8. The molecule has 0 aliphatic carbocycles. The summed E-state index contributed by atoms with van der Waals surface area (Å²) in [6, 6.07) is 13.2. The highest BCUT2D eigenvalue weighted by Crippen LogP contribution is 2.11. The van der Waals surface area contributed by atoms with E-state index in [2.05, 4.69) is 20.9 Å². The van der Waals surface area contributed by atoms with E-state index >= 15 is 0 Å². The molecule has 104 valence electrons. The van der Waals surface area contributed by atoms with E-state index < -0.39 is 0 Å². The smallest absolute Gasteiger partial charge is 0.272 e. The number of pyridine rings is 1. The summed E-state index contributed by atoms with van der Waals surface area (Å²) in [5, 5.41) is 1.25. The fourth-order valence-electron chi connectivity index (χ4n) is 1.82. The highest BCUT2D eigenvalue weighted by atomic mass is 79.9. The van der Waals surface area contributed by atoms with Crippen LogP contribution in [0.3, 0.4) is 0 Å². The molecule has 0 unspecified atom stereocenters. The normalized spacial score (nSPS) is 10.3. The maximum Gasteiger partial charge on any atom is 0.272 e. The second-order valence-corrected chi connectivity index (χ2v) is 5.49. The first-order valence-electron chi connectivity index (χ1n) is 6.21. The largest absolute Gasteiger partial charge is 0.332 e. The zero-order chi connectivity index (χ0) is 14.4. The van der Waals surface area contributed by atoms with Crippen molar-refractivity contribution in [2.75, 3.05) is 11.9 Å². The van der Waals surface area contributed by atoms with Gasteiger partial charge in [-0.2, -0.15) is 0 Å². The Balaban J connectivity index is 2.15. The Kier molecular flexibility index (Phi) is 5.56. The molecular formula is C15H14BrClN2O. The third kappa shape index (κ3) is 4.05. The van der Waals surface area contributed by atoms with Crippen molar-refractivity contribution in [2.45, 2.75) is 6.54 Å². The van der Waals surface area contributed by atoms with Gasteiger partial charge in [0.2, 0.25) is 0 Å². The van der Waals surface area contributed by atoms with Gasteiger partial charge in [0.15, 0.2) is 0 Å². The van der Waals surface area contributed by atoms with Gasteiger partial charge < -0.3 is 4.90 Å². The molecule has 0 saturated carbocycles. The van der Waals surface area contributed by atoms with Gasteiger partial charge in [-0.05, 0) is 17.7 Å². The Morgan fingerprint density at radius 1 is 1.20 bits per heavy atom. The third-order valence-electron chi connectivity index (χ3n) is 2.80. The van der Waals surface area contributed by atoms with Crippen LogP contribution in [0.4, 0.5) is 0 Å².